The molecule has 2 N–H and O–H groups in total. The second kappa shape index (κ2) is 4.91. The smallest absolute Gasteiger partial charge is 0.197 e. The van der Waals surface area contributed by atoms with Gasteiger partial charge in [0.1, 0.15) is 16.4 Å². The van der Waals surface area contributed by atoms with E-state index in [1.54, 1.807) is 6.33 Å². The molecule has 0 radical (unpaired) electrons. The van der Waals surface area contributed by atoms with E-state index in [4.69, 9.17) is 4.99 Å². The number of aliphatic imine (C=N–C) groups is 1. The second-order valence-electron chi connectivity index (χ2n) is 6.65. The van der Waals surface area contributed by atoms with Crippen LogP contribution in [0.5, 0.6) is 0 Å². The molecule has 4 aliphatic rings. The van der Waals surface area contributed by atoms with Crippen LogP contribution in [0.25, 0.3) is 5.52 Å². The van der Waals surface area contributed by atoms with Crippen LogP contribution in [0.15, 0.2) is 28.1 Å². The number of anilines is 1. The highest BCUT2D eigenvalue weighted by Crippen LogP contribution is 2.39. The number of halogens is 1. The molecule has 2 aromatic rings. The van der Waals surface area contributed by atoms with Crippen molar-refractivity contribution in [2.45, 2.75) is 18.4 Å². The Hall–Kier alpha value is -1.67. The van der Waals surface area contributed by atoms with E-state index < -0.39 is 0 Å². The average molecular weight is 376 g/mol. The molecule has 0 aromatic carbocycles. The van der Waals surface area contributed by atoms with E-state index in [2.05, 4.69) is 41.5 Å². The number of nitrogens with zero attached hydrogens (tertiary/aromatic N) is 5. The molecular formula is C15H18BrN7. The van der Waals surface area contributed by atoms with Gasteiger partial charge in [0, 0.05) is 13.1 Å². The van der Waals surface area contributed by atoms with Gasteiger partial charge in [-0.25, -0.2) is 14.5 Å². The van der Waals surface area contributed by atoms with Crippen molar-refractivity contribution in [3.8, 4) is 0 Å². The molecule has 6 heterocycles. The first-order chi connectivity index (χ1) is 11.2. The molecule has 2 bridgehead atoms. The van der Waals surface area contributed by atoms with Crippen molar-refractivity contribution < 1.29 is 0 Å². The van der Waals surface area contributed by atoms with Gasteiger partial charge in [-0.2, -0.15) is 5.10 Å². The van der Waals surface area contributed by atoms with Crippen LogP contribution in [0, 0.1) is 5.92 Å². The van der Waals surface area contributed by atoms with Crippen molar-refractivity contribution in [3.63, 3.8) is 0 Å². The van der Waals surface area contributed by atoms with Crippen LogP contribution in [-0.4, -0.2) is 57.2 Å². The average Bonchev–Trinajstić information content (AvgIpc) is 3.14. The lowest BCUT2D eigenvalue weighted by Gasteiger charge is -2.49. The van der Waals surface area contributed by atoms with Crippen molar-refractivity contribution in [2.75, 3.05) is 31.5 Å². The van der Waals surface area contributed by atoms with E-state index in [-0.39, 0.29) is 5.54 Å². The zero-order valence-corrected chi connectivity index (χ0v) is 14.3. The number of rotatable bonds is 1. The monoisotopic (exact) mass is 375 g/mol. The molecule has 8 heteroatoms. The Morgan fingerprint density at radius 3 is 2.96 bits per heavy atom. The number of piperidine rings is 3. The zero-order valence-electron chi connectivity index (χ0n) is 12.7. The fourth-order valence-electron chi connectivity index (χ4n) is 4.19. The third kappa shape index (κ3) is 2.08. The maximum atomic E-state index is 5.04. The van der Waals surface area contributed by atoms with Crippen LogP contribution in [0.2, 0.25) is 0 Å². The lowest BCUT2D eigenvalue weighted by Crippen LogP contribution is -2.59. The van der Waals surface area contributed by atoms with Crippen LogP contribution in [0.4, 0.5) is 5.82 Å². The number of guanidine groups is 1. The van der Waals surface area contributed by atoms with Gasteiger partial charge < -0.3 is 15.5 Å². The maximum Gasteiger partial charge on any atom is 0.197 e. The normalized spacial score (nSPS) is 32.3. The van der Waals surface area contributed by atoms with Gasteiger partial charge in [0.05, 0.1) is 5.54 Å². The van der Waals surface area contributed by atoms with Gasteiger partial charge in [-0.05, 0) is 59.9 Å². The molecule has 3 fully saturated rings. The van der Waals surface area contributed by atoms with Crippen molar-refractivity contribution in [1.29, 1.82) is 0 Å². The van der Waals surface area contributed by atoms with Gasteiger partial charge in [-0.15, -0.1) is 0 Å². The SMILES string of the molecule is Brc1ccc2c(NC3=NC4(CN3)CN3CCC4CC3)ncnn12. The standard InChI is InChI=1S/C15H18BrN7/c16-12-2-1-11-13(18-9-19-23(11)12)20-14-17-7-15(21-14)8-22-5-3-10(15)4-6-22/h1-2,9-10H,3-8H2,(H2,17,18,19,20,21). The van der Waals surface area contributed by atoms with Gasteiger partial charge >= 0.3 is 0 Å². The van der Waals surface area contributed by atoms with Crippen LogP contribution in [-0.2, 0) is 0 Å². The molecule has 7 nitrogen and oxygen atoms in total. The van der Waals surface area contributed by atoms with Gasteiger partial charge in [0.2, 0.25) is 0 Å². The molecule has 1 atom stereocenters. The molecule has 3 saturated heterocycles. The zero-order chi connectivity index (χ0) is 15.4. The van der Waals surface area contributed by atoms with E-state index in [0.717, 1.165) is 35.0 Å². The summed E-state index contributed by atoms with van der Waals surface area (Å²) < 4.78 is 2.72. The highest BCUT2D eigenvalue weighted by molar-refractivity contribution is 9.10. The third-order valence-electron chi connectivity index (χ3n) is 5.38. The Morgan fingerprint density at radius 1 is 1.30 bits per heavy atom. The minimum atomic E-state index is 0.0464. The third-order valence-corrected chi connectivity index (χ3v) is 5.98. The first-order valence-corrected chi connectivity index (χ1v) is 8.84. The van der Waals surface area contributed by atoms with E-state index in [0.29, 0.717) is 5.92 Å². The predicted octanol–water partition coefficient (Wildman–Crippen LogP) is 1.33. The molecule has 0 saturated carbocycles. The van der Waals surface area contributed by atoms with E-state index in [1.807, 2.05) is 16.6 Å². The first kappa shape index (κ1) is 13.7. The highest BCUT2D eigenvalue weighted by Gasteiger charge is 2.49. The maximum absolute atomic E-state index is 5.04. The van der Waals surface area contributed by atoms with Gasteiger partial charge in [0.15, 0.2) is 11.8 Å². The number of hydrogen-bond donors (Lipinski definition) is 2. The van der Waals surface area contributed by atoms with Gasteiger partial charge in [0.25, 0.3) is 0 Å². The molecule has 6 rings (SSSR count). The quantitative estimate of drug-likeness (QED) is 0.786. The van der Waals surface area contributed by atoms with E-state index >= 15 is 0 Å². The summed E-state index contributed by atoms with van der Waals surface area (Å²) in [7, 11) is 0. The number of hydrogen-bond acceptors (Lipinski definition) is 6. The summed E-state index contributed by atoms with van der Waals surface area (Å²) in [5, 5.41) is 11.1. The Bertz CT molecular complexity index is 792. The molecule has 1 unspecified atom stereocenters. The van der Waals surface area contributed by atoms with Crippen LogP contribution in [0.3, 0.4) is 0 Å². The first-order valence-electron chi connectivity index (χ1n) is 8.05. The Labute approximate surface area is 142 Å². The van der Waals surface area contributed by atoms with Crippen molar-refractivity contribution in [2.24, 2.45) is 10.9 Å². The number of aromatic nitrogens is 3. The largest absolute Gasteiger partial charge is 0.354 e. The van der Waals surface area contributed by atoms with Gasteiger partial charge in [-0.1, -0.05) is 0 Å². The highest BCUT2D eigenvalue weighted by atomic mass is 79.9. The Kier molecular flexibility index (Phi) is 2.93. The summed E-state index contributed by atoms with van der Waals surface area (Å²) in [5.74, 6) is 2.30. The number of nitrogens with one attached hydrogen (secondary N) is 2. The summed E-state index contributed by atoms with van der Waals surface area (Å²) >= 11 is 3.49. The van der Waals surface area contributed by atoms with E-state index in [1.165, 1.54) is 25.9 Å². The molecule has 23 heavy (non-hydrogen) atoms. The molecule has 0 aliphatic carbocycles. The molecule has 120 valence electrons. The number of fused-ring (bicyclic) bond motifs is 3. The lowest BCUT2D eigenvalue weighted by atomic mass is 9.73. The van der Waals surface area contributed by atoms with Crippen LogP contribution in [0.1, 0.15) is 12.8 Å². The van der Waals surface area contributed by atoms with Crippen LogP contribution >= 0.6 is 15.9 Å². The van der Waals surface area contributed by atoms with Crippen molar-refractivity contribution in [1.82, 2.24) is 24.8 Å². The molecule has 2 aromatic heterocycles. The van der Waals surface area contributed by atoms with Crippen molar-refractivity contribution in [3.05, 3.63) is 23.1 Å². The van der Waals surface area contributed by atoms with Gasteiger partial charge in [-0.3, -0.25) is 0 Å². The minimum Gasteiger partial charge on any atom is -0.354 e. The summed E-state index contributed by atoms with van der Waals surface area (Å²) in [4.78, 5) is 12.0. The fraction of sp³-hybridized carbons (Fsp3) is 0.533. The molecule has 4 aliphatic heterocycles. The Morgan fingerprint density at radius 2 is 2.17 bits per heavy atom. The lowest BCUT2D eigenvalue weighted by molar-refractivity contribution is 0.0374. The summed E-state index contributed by atoms with van der Waals surface area (Å²) in [6.07, 6.45) is 4.09. The second-order valence-corrected chi connectivity index (χ2v) is 7.47. The van der Waals surface area contributed by atoms with Crippen molar-refractivity contribution >= 4 is 33.2 Å². The minimum absolute atomic E-state index is 0.0464. The molecular weight excluding hydrogens is 358 g/mol. The summed E-state index contributed by atoms with van der Waals surface area (Å²) in [6, 6.07) is 3.96. The Balaban J connectivity index is 1.45. The van der Waals surface area contributed by atoms with E-state index in [9.17, 15) is 0 Å². The summed E-state index contributed by atoms with van der Waals surface area (Å²) in [5.41, 5.74) is 0.976. The topological polar surface area (TPSA) is 69.8 Å². The van der Waals surface area contributed by atoms with Crippen LogP contribution < -0.4 is 10.6 Å². The summed E-state index contributed by atoms with van der Waals surface area (Å²) in [6.45, 7) is 4.46. The molecule has 1 spiro atoms. The predicted molar refractivity (Wildman–Crippen MR) is 91.6 cm³/mol. The fourth-order valence-corrected chi connectivity index (χ4v) is 4.61. The molecule has 0 amide bonds.